The highest BCUT2D eigenvalue weighted by Gasteiger charge is 2.11. The van der Waals surface area contributed by atoms with Gasteiger partial charge < -0.3 is 15.2 Å². The van der Waals surface area contributed by atoms with Crippen LogP contribution in [0.5, 0.6) is 0 Å². The summed E-state index contributed by atoms with van der Waals surface area (Å²) in [6.07, 6.45) is 4.16. The second kappa shape index (κ2) is 6.79. The molecule has 4 heteroatoms. The molecule has 0 saturated heterocycles. The first-order valence-electron chi connectivity index (χ1n) is 5.26. The van der Waals surface area contributed by atoms with E-state index < -0.39 is 0 Å². The Hall–Kier alpha value is -0.610. The van der Waals surface area contributed by atoms with Gasteiger partial charge in [0.1, 0.15) is 0 Å². The van der Waals surface area contributed by atoms with Crippen LogP contribution in [0, 0.1) is 0 Å². The van der Waals surface area contributed by atoms with Crippen molar-refractivity contribution >= 4 is 5.84 Å². The van der Waals surface area contributed by atoms with E-state index in [1.165, 1.54) is 12.8 Å². The van der Waals surface area contributed by atoms with E-state index in [0.29, 0.717) is 13.0 Å². The monoisotopic (exact) mass is 200 g/mol. The van der Waals surface area contributed by atoms with Crippen LogP contribution < -0.4 is 5.32 Å². The maximum absolute atomic E-state index is 8.86. The molecule has 4 nitrogen and oxygen atoms in total. The fourth-order valence-corrected chi connectivity index (χ4v) is 1.60. The first kappa shape index (κ1) is 11.5. The van der Waals surface area contributed by atoms with Crippen molar-refractivity contribution in [3.63, 3.8) is 0 Å². The maximum atomic E-state index is 8.86. The molecule has 0 aliphatic carbocycles. The minimum atomic E-state index is 0.189. The second-order valence-electron chi connectivity index (χ2n) is 3.59. The third-order valence-corrected chi connectivity index (χ3v) is 2.34. The number of aliphatic hydroxyl groups is 1. The van der Waals surface area contributed by atoms with Gasteiger partial charge in [-0.25, -0.2) is 0 Å². The van der Waals surface area contributed by atoms with Crippen molar-refractivity contribution in [3.05, 3.63) is 0 Å². The van der Waals surface area contributed by atoms with Crippen LogP contribution in [0.2, 0.25) is 0 Å². The number of hydrogen-bond acceptors (Lipinski definition) is 4. The SMILES string of the molecule is COCC(CCO)NC1=NCCCC1. The van der Waals surface area contributed by atoms with Crippen molar-refractivity contribution in [1.29, 1.82) is 0 Å². The molecule has 0 saturated carbocycles. The zero-order valence-electron chi connectivity index (χ0n) is 8.83. The van der Waals surface area contributed by atoms with Crippen LogP contribution in [0.25, 0.3) is 0 Å². The Balaban J connectivity index is 2.32. The van der Waals surface area contributed by atoms with Gasteiger partial charge in [-0.3, -0.25) is 4.99 Å². The summed E-state index contributed by atoms with van der Waals surface area (Å²) in [5.41, 5.74) is 0. The van der Waals surface area contributed by atoms with Crippen LogP contribution in [-0.4, -0.2) is 43.9 Å². The lowest BCUT2D eigenvalue weighted by atomic mass is 10.1. The fourth-order valence-electron chi connectivity index (χ4n) is 1.60. The number of methoxy groups -OCH3 is 1. The summed E-state index contributed by atoms with van der Waals surface area (Å²) < 4.78 is 5.07. The van der Waals surface area contributed by atoms with Crippen LogP contribution in [0.1, 0.15) is 25.7 Å². The largest absolute Gasteiger partial charge is 0.396 e. The van der Waals surface area contributed by atoms with Crippen molar-refractivity contribution in [3.8, 4) is 0 Å². The molecular weight excluding hydrogens is 180 g/mol. The van der Waals surface area contributed by atoms with E-state index in [1.807, 2.05) is 0 Å². The molecule has 0 aromatic carbocycles. The van der Waals surface area contributed by atoms with Crippen molar-refractivity contribution in [2.45, 2.75) is 31.7 Å². The summed E-state index contributed by atoms with van der Waals surface area (Å²) in [5.74, 6) is 1.08. The number of aliphatic hydroxyl groups excluding tert-OH is 1. The predicted octanol–water partition coefficient (Wildman–Crippen LogP) is 0.556. The summed E-state index contributed by atoms with van der Waals surface area (Å²) >= 11 is 0. The quantitative estimate of drug-likeness (QED) is 0.681. The van der Waals surface area contributed by atoms with E-state index in [1.54, 1.807) is 7.11 Å². The molecule has 14 heavy (non-hydrogen) atoms. The Labute approximate surface area is 85.4 Å². The molecule has 1 aliphatic heterocycles. The lowest BCUT2D eigenvalue weighted by molar-refractivity contribution is 0.156. The minimum absolute atomic E-state index is 0.189. The standard InChI is InChI=1S/C10H20N2O2/c1-14-8-9(5-7-13)12-10-4-2-3-6-11-10/h9,13H,2-8H2,1H3,(H,11,12). The van der Waals surface area contributed by atoms with Gasteiger partial charge in [0, 0.05) is 26.7 Å². The molecule has 0 spiro atoms. The van der Waals surface area contributed by atoms with Crippen LogP contribution in [0.4, 0.5) is 0 Å². The molecule has 0 aromatic rings. The van der Waals surface area contributed by atoms with Gasteiger partial charge >= 0.3 is 0 Å². The molecule has 0 aromatic heterocycles. The topological polar surface area (TPSA) is 53.9 Å². The first-order chi connectivity index (χ1) is 6.86. The zero-order valence-corrected chi connectivity index (χ0v) is 8.83. The second-order valence-corrected chi connectivity index (χ2v) is 3.59. The average Bonchev–Trinajstić information content (AvgIpc) is 2.20. The average molecular weight is 200 g/mol. The van der Waals surface area contributed by atoms with E-state index in [-0.39, 0.29) is 12.6 Å². The van der Waals surface area contributed by atoms with Gasteiger partial charge in [0.25, 0.3) is 0 Å². The maximum Gasteiger partial charge on any atom is 0.0965 e. The Kier molecular flexibility index (Phi) is 5.56. The Bertz CT molecular complexity index is 177. The zero-order chi connectivity index (χ0) is 10.2. The highest BCUT2D eigenvalue weighted by molar-refractivity contribution is 5.82. The summed E-state index contributed by atoms with van der Waals surface area (Å²) in [6.45, 7) is 1.75. The van der Waals surface area contributed by atoms with Gasteiger partial charge in [-0.2, -0.15) is 0 Å². The number of aliphatic imine (C=N–C) groups is 1. The number of nitrogens with zero attached hydrogens (tertiary/aromatic N) is 1. The van der Waals surface area contributed by atoms with Gasteiger partial charge in [0.2, 0.25) is 0 Å². The summed E-state index contributed by atoms with van der Waals surface area (Å²) in [5, 5.41) is 12.2. The molecule has 1 heterocycles. The van der Waals surface area contributed by atoms with Gasteiger partial charge in [0.15, 0.2) is 0 Å². The Morgan fingerprint density at radius 3 is 3.00 bits per heavy atom. The highest BCUT2D eigenvalue weighted by atomic mass is 16.5. The highest BCUT2D eigenvalue weighted by Crippen LogP contribution is 2.05. The van der Waals surface area contributed by atoms with Crippen LogP contribution in [-0.2, 0) is 4.74 Å². The third-order valence-electron chi connectivity index (χ3n) is 2.34. The van der Waals surface area contributed by atoms with Crippen LogP contribution in [0.3, 0.4) is 0 Å². The fraction of sp³-hybridized carbons (Fsp3) is 0.900. The minimum Gasteiger partial charge on any atom is -0.396 e. The molecule has 0 fully saturated rings. The lowest BCUT2D eigenvalue weighted by Gasteiger charge is -2.21. The van der Waals surface area contributed by atoms with Gasteiger partial charge in [-0.15, -0.1) is 0 Å². The van der Waals surface area contributed by atoms with E-state index in [9.17, 15) is 0 Å². The van der Waals surface area contributed by atoms with E-state index >= 15 is 0 Å². The van der Waals surface area contributed by atoms with Crippen LogP contribution in [0.15, 0.2) is 4.99 Å². The Morgan fingerprint density at radius 2 is 2.43 bits per heavy atom. The number of rotatable bonds is 5. The van der Waals surface area contributed by atoms with E-state index in [2.05, 4.69) is 10.3 Å². The number of nitrogens with one attached hydrogen (secondary N) is 1. The molecule has 1 aliphatic rings. The summed E-state index contributed by atoms with van der Waals surface area (Å²) in [7, 11) is 1.68. The smallest absolute Gasteiger partial charge is 0.0965 e. The number of amidine groups is 1. The number of ether oxygens (including phenoxy) is 1. The van der Waals surface area contributed by atoms with Crippen molar-refractivity contribution in [2.24, 2.45) is 4.99 Å². The summed E-state index contributed by atoms with van der Waals surface area (Å²) in [4.78, 5) is 4.40. The lowest BCUT2D eigenvalue weighted by Crippen LogP contribution is -2.39. The van der Waals surface area contributed by atoms with Gasteiger partial charge in [0.05, 0.1) is 18.5 Å². The summed E-state index contributed by atoms with van der Waals surface area (Å²) in [6, 6.07) is 0.196. The molecule has 0 bridgehead atoms. The molecule has 0 radical (unpaired) electrons. The van der Waals surface area contributed by atoms with Crippen molar-refractivity contribution in [2.75, 3.05) is 26.9 Å². The predicted molar refractivity (Wildman–Crippen MR) is 56.7 cm³/mol. The first-order valence-corrected chi connectivity index (χ1v) is 5.26. The molecular formula is C10H20N2O2. The molecule has 2 N–H and O–H groups in total. The van der Waals surface area contributed by atoms with Gasteiger partial charge in [-0.05, 0) is 19.3 Å². The Morgan fingerprint density at radius 1 is 1.57 bits per heavy atom. The molecule has 0 amide bonds. The van der Waals surface area contributed by atoms with E-state index in [0.717, 1.165) is 18.8 Å². The molecule has 1 atom stereocenters. The normalized spacial score (nSPS) is 18.9. The molecule has 82 valence electrons. The van der Waals surface area contributed by atoms with Crippen molar-refractivity contribution < 1.29 is 9.84 Å². The molecule has 1 unspecified atom stereocenters. The van der Waals surface area contributed by atoms with Gasteiger partial charge in [-0.1, -0.05) is 0 Å². The van der Waals surface area contributed by atoms with E-state index in [4.69, 9.17) is 9.84 Å². The molecule has 1 rings (SSSR count). The van der Waals surface area contributed by atoms with Crippen LogP contribution >= 0.6 is 0 Å². The number of hydrogen-bond donors (Lipinski definition) is 2. The third kappa shape index (κ3) is 4.07. The van der Waals surface area contributed by atoms with Crippen molar-refractivity contribution in [1.82, 2.24) is 5.32 Å².